The molecule has 0 aromatic heterocycles. The van der Waals surface area contributed by atoms with E-state index in [9.17, 15) is 14.7 Å². The van der Waals surface area contributed by atoms with Crippen molar-refractivity contribution in [3.05, 3.63) is 0 Å². The van der Waals surface area contributed by atoms with Crippen molar-refractivity contribution in [3.8, 4) is 0 Å². The standard InChI is InChI=1S/C13H22N2O4/c1-9(2)14-5-3-4-10(14)6-15-11(13(17)18)7-19-8-12(15)16/h9-11H,3-8H2,1-2H3,(H,17,18). The molecule has 2 rings (SSSR count). The van der Waals surface area contributed by atoms with Gasteiger partial charge in [0.2, 0.25) is 5.91 Å². The first kappa shape index (κ1) is 14.3. The zero-order valence-electron chi connectivity index (χ0n) is 11.5. The molecule has 2 fully saturated rings. The van der Waals surface area contributed by atoms with Crippen LogP contribution >= 0.6 is 0 Å². The van der Waals surface area contributed by atoms with Gasteiger partial charge in [-0.25, -0.2) is 4.79 Å². The number of amides is 1. The Hall–Kier alpha value is -1.14. The summed E-state index contributed by atoms with van der Waals surface area (Å²) in [6, 6.07) is -0.147. The molecular weight excluding hydrogens is 248 g/mol. The van der Waals surface area contributed by atoms with Crippen LogP contribution in [0.15, 0.2) is 0 Å². The number of hydrogen-bond acceptors (Lipinski definition) is 4. The van der Waals surface area contributed by atoms with Crippen LogP contribution in [0.4, 0.5) is 0 Å². The largest absolute Gasteiger partial charge is 0.480 e. The predicted octanol–water partition coefficient (Wildman–Crippen LogP) is 0.171. The van der Waals surface area contributed by atoms with E-state index in [2.05, 4.69) is 18.7 Å². The summed E-state index contributed by atoms with van der Waals surface area (Å²) in [6.07, 6.45) is 2.13. The molecule has 2 aliphatic rings. The van der Waals surface area contributed by atoms with Crippen molar-refractivity contribution in [2.24, 2.45) is 0 Å². The van der Waals surface area contributed by atoms with Crippen LogP contribution in [-0.4, -0.2) is 71.2 Å². The van der Waals surface area contributed by atoms with E-state index < -0.39 is 12.0 Å². The Morgan fingerprint density at radius 3 is 2.89 bits per heavy atom. The Morgan fingerprint density at radius 1 is 1.53 bits per heavy atom. The maximum Gasteiger partial charge on any atom is 0.328 e. The lowest BCUT2D eigenvalue weighted by atomic mass is 10.1. The zero-order valence-corrected chi connectivity index (χ0v) is 11.5. The van der Waals surface area contributed by atoms with Crippen molar-refractivity contribution in [1.82, 2.24) is 9.80 Å². The Bertz CT molecular complexity index is 359. The van der Waals surface area contributed by atoms with E-state index in [0.717, 1.165) is 19.4 Å². The summed E-state index contributed by atoms with van der Waals surface area (Å²) >= 11 is 0. The minimum atomic E-state index is -0.984. The smallest absolute Gasteiger partial charge is 0.328 e. The number of carbonyl (C=O) groups is 2. The van der Waals surface area contributed by atoms with E-state index in [1.54, 1.807) is 0 Å². The second kappa shape index (κ2) is 5.88. The number of carbonyl (C=O) groups excluding carboxylic acids is 1. The van der Waals surface area contributed by atoms with E-state index >= 15 is 0 Å². The van der Waals surface area contributed by atoms with Crippen LogP contribution in [0.25, 0.3) is 0 Å². The normalized spacial score (nSPS) is 29.2. The molecule has 2 atom stereocenters. The average molecular weight is 270 g/mol. The van der Waals surface area contributed by atoms with Crippen LogP contribution in [0.1, 0.15) is 26.7 Å². The van der Waals surface area contributed by atoms with Crippen LogP contribution in [0.3, 0.4) is 0 Å². The number of likely N-dealkylation sites (tertiary alicyclic amines) is 1. The topological polar surface area (TPSA) is 70.1 Å². The molecule has 6 heteroatoms. The monoisotopic (exact) mass is 270 g/mol. The molecule has 6 nitrogen and oxygen atoms in total. The van der Waals surface area contributed by atoms with Gasteiger partial charge in [0.05, 0.1) is 6.61 Å². The Morgan fingerprint density at radius 2 is 2.26 bits per heavy atom. The molecule has 0 aromatic carbocycles. The quantitative estimate of drug-likeness (QED) is 0.788. The third kappa shape index (κ3) is 3.06. The van der Waals surface area contributed by atoms with Gasteiger partial charge in [0, 0.05) is 18.6 Å². The first-order valence-electron chi connectivity index (χ1n) is 6.86. The molecule has 2 heterocycles. The molecule has 2 saturated heterocycles. The number of hydrogen-bond donors (Lipinski definition) is 1. The van der Waals surface area contributed by atoms with E-state index in [0.29, 0.717) is 12.6 Å². The third-order valence-corrected chi connectivity index (χ3v) is 3.98. The van der Waals surface area contributed by atoms with Crippen molar-refractivity contribution in [2.75, 3.05) is 26.3 Å². The third-order valence-electron chi connectivity index (χ3n) is 3.98. The van der Waals surface area contributed by atoms with Gasteiger partial charge in [-0.1, -0.05) is 0 Å². The minimum absolute atomic E-state index is 0.00181. The van der Waals surface area contributed by atoms with E-state index in [-0.39, 0.29) is 25.2 Å². The fourth-order valence-electron chi connectivity index (χ4n) is 3.00. The van der Waals surface area contributed by atoms with E-state index in [1.165, 1.54) is 4.90 Å². The Labute approximate surface area is 113 Å². The number of ether oxygens (including phenoxy) is 1. The molecule has 108 valence electrons. The molecule has 2 unspecified atom stereocenters. The summed E-state index contributed by atoms with van der Waals surface area (Å²) < 4.78 is 5.04. The number of rotatable bonds is 4. The SMILES string of the molecule is CC(C)N1CCCC1CN1C(=O)COCC1C(=O)O. The first-order valence-corrected chi connectivity index (χ1v) is 6.86. The molecular formula is C13H22N2O4. The predicted molar refractivity (Wildman–Crippen MR) is 68.8 cm³/mol. The molecule has 0 bridgehead atoms. The zero-order chi connectivity index (χ0) is 14.0. The fraction of sp³-hybridized carbons (Fsp3) is 0.846. The summed E-state index contributed by atoms with van der Waals surface area (Å²) in [5.41, 5.74) is 0. The second-order valence-corrected chi connectivity index (χ2v) is 5.54. The molecule has 0 radical (unpaired) electrons. The molecule has 0 aliphatic carbocycles. The fourth-order valence-corrected chi connectivity index (χ4v) is 3.00. The molecule has 0 aromatic rings. The van der Waals surface area contributed by atoms with Gasteiger partial charge >= 0.3 is 5.97 Å². The first-order chi connectivity index (χ1) is 9.00. The van der Waals surface area contributed by atoms with Crippen LogP contribution in [0.5, 0.6) is 0 Å². The van der Waals surface area contributed by atoms with Crippen LogP contribution in [0, 0.1) is 0 Å². The highest BCUT2D eigenvalue weighted by atomic mass is 16.5. The maximum absolute atomic E-state index is 11.9. The number of carboxylic acid groups (broad SMARTS) is 1. The van der Waals surface area contributed by atoms with Crippen LogP contribution in [-0.2, 0) is 14.3 Å². The number of aliphatic carboxylic acids is 1. The summed E-state index contributed by atoms with van der Waals surface area (Å²) in [5.74, 6) is -1.20. The van der Waals surface area contributed by atoms with Crippen molar-refractivity contribution in [2.45, 2.75) is 44.8 Å². The van der Waals surface area contributed by atoms with E-state index in [1.807, 2.05) is 0 Å². The average Bonchev–Trinajstić information content (AvgIpc) is 2.79. The number of carboxylic acids is 1. The van der Waals surface area contributed by atoms with Gasteiger partial charge in [-0.05, 0) is 33.2 Å². The highest BCUT2D eigenvalue weighted by Gasteiger charge is 2.37. The van der Waals surface area contributed by atoms with Gasteiger partial charge in [-0.3, -0.25) is 9.69 Å². The van der Waals surface area contributed by atoms with Gasteiger partial charge < -0.3 is 14.7 Å². The maximum atomic E-state index is 11.9. The van der Waals surface area contributed by atoms with Crippen molar-refractivity contribution >= 4 is 11.9 Å². The van der Waals surface area contributed by atoms with Gasteiger partial charge in [0.25, 0.3) is 0 Å². The number of morpholine rings is 1. The van der Waals surface area contributed by atoms with Gasteiger partial charge in [0.15, 0.2) is 6.04 Å². The second-order valence-electron chi connectivity index (χ2n) is 5.54. The molecule has 1 amide bonds. The van der Waals surface area contributed by atoms with Crippen molar-refractivity contribution in [1.29, 1.82) is 0 Å². The molecule has 0 saturated carbocycles. The molecule has 0 spiro atoms. The molecule has 2 aliphatic heterocycles. The highest BCUT2D eigenvalue weighted by molar-refractivity contribution is 5.85. The Kier molecular flexibility index (Phi) is 4.42. The van der Waals surface area contributed by atoms with Gasteiger partial charge in [-0.2, -0.15) is 0 Å². The van der Waals surface area contributed by atoms with E-state index in [4.69, 9.17) is 4.74 Å². The number of nitrogens with zero attached hydrogens (tertiary/aromatic N) is 2. The molecule has 19 heavy (non-hydrogen) atoms. The lowest BCUT2D eigenvalue weighted by Gasteiger charge is -2.37. The Balaban J connectivity index is 2.06. The lowest BCUT2D eigenvalue weighted by Crippen LogP contribution is -2.57. The molecule has 1 N–H and O–H groups in total. The van der Waals surface area contributed by atoms with Gasteiger partial charge in [0.1, 0.15) is 6.61 Å². The summed E-state index contributed by atoms with van der Waals surface area (Å²) in [5, 5.41) is 9.19. The summed E-state index contributed by atoms with van der Waals surface area (Å²) in [4.78, 5) is 26.9. The summed E-state index contributed by atoms with van der Waals surface area (Å²) in [7, 11) is 0. The van der Waals surface area contributed by atoms with Crippen molar-refractivity contribution < 1.29 is 19.4 Å². The van der Waals surface area contributed by atoms with Gasteiger partial charge in [-0.15, -0.1) is 0 Å². The summed E-state index contributed by atoms with van der Waals surface area (Å²) in [6.45, 7) is 5.88. The lowest BCUT2D eigenvalue weighted by molar-refractivity contribution is -0.163. The minimum Gasteiger partial charge on any atom is -0.480 e. The highest BCUT2D eigenvalue weighted by Crippen LogP contribution is 2.22. The van der Waals surface area contributed by atoms with Crippen LogP contribution in [0.2, 0.25) is 0 Å². The van der Waals surface area contributed by atoms with Crippen LogP contribution < -0.4 is 0 Å². The van der Waals surface area contributed by atoms with Crippen molar-refractivity contribution in [3.63, 3.8) is 0 Å².